The van der Waals surface area contributed by atoms with E-state index >= 15 is 0 Å². The number of hydrogen-bond donors (Lipinski definition) is 0. The summed E-state index contributed by atoms with van der Waals surface area (Å²) >= 11 is 0. The molecule has 0 aromatic rings. The minimum absolute atomic E-state index is 0.635. The van der Waals surface area contributed by atoms with Crippen LogP contribution in [0, 0.1) is 0 Å². The van der Waals surface area contributed by atoms with E-state index in [1.807, 2.05) is 0 Å². The van der Waals surface area contributed by atoms with Crippen LogP contribution in [0.2, 0.25) is 48.4 Å². The van der Waals surface area contributed by atoms with E-state index in [0.717, 1.165) is 103 Å². The molecule has 0 aliphatic carbocycles. The van der Waals surface area contributed by atoms with Crippen LogP contribution in [0.1, 0.15) is 364 Å². The molecule has 0 spiro atoms. The SMILES string of the molecule is CCCCCCCC[Si]12O[Si]3(CCCCCCCC)O[Si]4(CCCCCCCC)O[Si](CCCCCCCC)(O1)O[Si]1(CCCCCCCC)O[Si](CCCCCCCC)(O2)O[Si](CCCCCCCC)(O3)O[Si](CCCCCCCC)(O4)O1. The summed E-state index contributed by atoms with van der Waals surface area (Å²) in [6.45, 7) is 18.5. The van der Waals surface area contributed by atoms with E-state index in [1.54, 1.807) is 0 Å². The number of rotatable bonds is 56. The molecule has 6 saturated heterocycles. The first-order chi connectivity index (χ1) is 41.0. The summed E-state index contributed by atoms with van der Waals surface area (Å²) in [6, 6.07) is 5.08. The van der Waals surface area contributed by atoms with Gasteiger partial charge in [-0.1, -0.05) is 312 Å². The molecule has 6 heterocycles. The van der Waals surface area contributed by atoms with Crippen LogP contribution in [0.4, 0.5) is 0 Å². The Bertz CT molecular complexity index is 1250. The summed E-state index contributed by atoms with van der Waals surface area (Å²) in [5, 5.41) is 0. The lowest BCUT2D eigenvalue weighted by Crippen LogP contribution is -2.88. The zero-order chi connectivity index (χ0) is 60.1. The highest BCUT2D eigenvalue weighted by molar-refractivity contribution is 7.03. The Morgan fingerprint density at radius 3 is 0.298 bits per heavy atom. The lowest BCUT2D eigenvalue weighted by molar-refractivity contribution is -0.0314. The van der Waals surface area contributed by atoms with E-state index in [-0.39, 0.29) is 0 Å². The summed E-state index contributed by atoms with van der Waals surface area (Å²) in [5.74, 6) is 0. The molecule has 6 rings (SSSR count). The van der Waals surface area contributed by atoms with Crippen molar-refractivity contribution in [2.75, 3.05) is 0 Å². The second kappa shape index (κ2) is 42.5. The molecule has 84 heavy (non-hydrogen) atoms. The van der Waals surface area contributed by atoms with Crippen molar-refractivity contribution in [3.63, 3.8) is 0 Å². The summed E-state index contributed by atoms with van der Waals surface area (Å²) in [7, 11) is -31.6. The van der Waals surface area contributed by atoms with Crippen molar-refractivity contribution >= 4 is 70.4 Å². The van der Waals surface area contributed by atoms with Crippen LogP contribution in [0.5, 0.6) is 0 Å². The molecule has 20 heteroatoms. The molecular formula is C64H136O12Si8. The van der Waals surface area contributed by atoms with Gasteiger partial charge in [-0.2, -0.15) is 0 Å². The molecule has 496 valence electrons. The van der Waals surface area contributed by atoms with Crippen molar-refractivity contribution in [1.82, 2.24) is 0 Å². The normalized spacial score (nSPS) is 30.0. The molecule has 6 fully saturated rings. The van der Waals surface area contributed by atoms with Crippen LogP contribution >= 0.6 is 0 Å². The molecule has 0 aromatic carbocycles. The maximum Gasteiger partial charge on any atom is 0.478 e. The Hall–Kier alpha value is 1.26. The third-order valence-corrected chi connectivity index (χ3v) is 56.0. The lowest BCUT2D eigenvalue weighted by atomic mass is 10.1. The van der Waals surface area contributed by atoms with Gasteiger partial charge < -0.3 is 49.4 Å². The van der Waals surface area contributed by atoms with E-state index in [9.17, 15) is 0 Å². The number of unbranched alkanes of at least 4 members (excludes halogenated alkanes) is 40. The minimum atomic E-state index is -3.95. The Balaban J connectivity index is 1.84. The molecule has 8 bridgehead atoms. The Labute approximate surface area is 528 Å². The lowest BCUT2D eigenvalue weighted by Gasteiger charge is -2.63. The summed E-state index contributed by atoms with van der Waals surface area (Å²) in [6.07, 6.45) is 54.8. The van der Waals surface area contributed by atoms with Crippen LogP contribution in [-0.2, 0) is 49.4 Å². The average molecular weight is 1320 g/mol. The van der Waals surface area contributed by atoms with Crippen molar-refractivity contribution in [1.29, 1.82) is 0 Å². The third kappa shape index (κ3) is 26.7. The Kier molecular flexibility index (Phi) is 38.4. The van der Waals surface area contributed by atoms with E-state index < -0.39 is 70.4 Å². The van der Waals surface area contributed by atoms with Crippen molar-refractivity contribution < 1.29 is 49.4 Å². The van der Waals surface area contributed by atoms with Crippen molar-refractivity contribution in [2.24, 2.45) is 0 Å². The summed E-state index contributed by atoms with van der Waals surface area (Å²) < 4.78 is 101. The van der Waals surface area contributed by atoms with Gasteiger partial charge in [0.25, 0.3) is 0 Å². The van der Waals surface area contributed by atoms with E-state index in [4.69, 9.17) is 49.4 Å². The fourth-order valence-corrected chi connectivity index (χ4v) is 64.5. The molecule has 6 aliphatic rings. The van der Waals surface area contributed by atoms with Gasteiger partial charge in [-0.05, 0) is 51.4 Å². The van der Waals surface area contributed by atoms with Crippen molar-refractivity contribution in [2.45, 2.75) is 412 Å². The van der Waals surface area contributed by atoms with E-state index in [0.29, 0.717) is 48.4 Å². The zero-order valence-corrected chi connectivity index (χ0v) is 64.5. The quantitative estimate of drug-likeness (QED) is 0.0427. The monoisotopic (exact) mass is 1320 g/mol. The van der Waals surface area contributed by atoms with Gasteiger partial charge in [-0.3, -0.25) is 0 Å². The van der Waals surface area contributed by atoms with Gasteiger partial charge in [0.15, 0.2) is 0 Å². The van der Waals surface area contributed by atoms with Crippen LogP contribution in [-0.4, -0.2) is 70.4 Å². The molecule has 12 nitrogen and oxygen atoms in total. The molecule has 0 N–H and O–H groups in total. The molecule has 6 aliphatic heterocycles. The van der Waals surface area contributed by atoms with Gasteiger partial charge in [-0.25, -0.2) is 0 Å². The van der Waals surface area contributed by atoms with Gasteiger partial charge in [0.05, 0.1) is 0 Å². The van der Waals surface area contributed by atoms with Crippen LogP contribution < -0.4 is 0 Å². The largest absolute Gasteiger partial charge is 0.478 e. The predicted molar refractivity (Wildman–Crippen MR) is 365 cm³/mol. The van der Waals surface area contributed by atoms with Gasteiger partial charge in [0, 0.05) is 48.4 Å². The second-order valence-electron chi connectivity index (χ2n) is 26.8. The molecule has 0 unspecified atom stereocenters. The highest BCUT2D eigenvalue weighted by Gasteiger charge is 2.82. The number of hydrogen-bond acceptors (Lipinski definition) is 12. The highest BCUT2D eigenvalue weighted by atomic mass is 28.6. The van der Waals surface area contributed by atoms with Gasteiger partial charge in [-0.15, -0.1) is 0 Å². The standard InChI is InChI=1S/C64H136O12Si8/c1-9-17-25-33-41-49-57-77-65-78(58-50-42-34-26-18-10-2)68-81(61-53-45-37-29-21-13-5)70-79(66-77,59-51-43-35-27-19-11-3)72-83(63-55-47-39-31-23-15-7)73-80(67-77,60-52-44-36-28-20-12-4)71-82(69-78,62-54-46-38-30-22-14-6)75-84(74-81,76-83)64-56-48-40-32-24-16-8/h9-64H2,1-8H3. The maximum absolute atomic E-state index is 8.40. The fraction of sp³-hybridized carbons (Fsp3) is 1.00. The van der Waals surface area contributed by atoms with Gasteiger partial charge in [0.1, 0.15) is 0 Å². The first kappa shape index (κ1) is 76.0. The van der Waals surface area contributed by atoms with Crippen LogP contribution in [0.15, 0.2) is 0 Å². The van der Waals surface area contributed by atoms with Crippen molar-refractivity contribution in [3.05, 3.63) is 0 Å². The molecule has 0 atom stereocenters. The van der Waals surface area contributed by atoms with Gasteiger partial charge >= 0.3 is 70.4 Å². The topological polar surface area (TPSA) is 111 Å². The average Bonchev–Trinajstić information content (AvgIpc) is 1.15. The Morgan fingerprint density at radius 2 is 0.202 bits per heavy atom. The predicted octanol–water partition coefficient (Wildman–Crippen LogP) is 22.6. The summed E-state index contributed by atoms with van der Waals surface area (Å²) in [5.41, 5.74) is 0. The first-order valence-corrected chi connectivity index (χ1v) is 52.8. The molecular weight excluding hydrogens is 1190 g/mol. The second-order valence-corrected chi connectivity index (χ2v) is 51.6. The van der Waals surface area contributed by atoms with Crippen molar-refractivity contribution in [3.8, 4) is 0 Å². The molecule has 0 saturated carbocycles. The third-order valence-electron chi connectivity index (χ3n) is 18.4. The van der Waals surface area contributed by atoms with E-state index in [1.165, 1.54) is 205 Å². The van der Waals surface area contributed by atoms with Crippen LogP contribution in [0.3, 0.4) is 0 Å². The fourth-order valence-electron chi connectivity index (χ4n) is 13.5. The molecule has 0 amide bonds. The Morgan fingerprint density at radius 1 is 0.119 bits per heavy atom. The summed E-state index contributed by atoms with van der Waals surface area (Å²) in [4.78, 5) is 0. The van der Waals surface area contributed by atoms with Crippen LogP contribution in [0.25, 0.3) is 0 Å². The van der Waals surface area contributed by atoms with E-state index in [2.05, 4.69) is 55.4 Å². The van der Waals surface area contributed by atoms with Gasteiger partial charge in [0.2, 0.25) is 0 Å². The zero-order valence-electron chi connectivity index (χ0n) is 56.5. The first-order valence-electron chi connectivity index (χ1n) is 37.4. The molecule has 0 radical (unpaired) electrons. The minimum Gasteiger partial charge on any atom is -0.373 e. The molecule has 0 aromatic heterocycles. The highest BCUT2D eigenvalue weighted by Crippen LogP contribution is 2.55. The maximum atomic E-state index is 8.40. The smallest absolute Gasteiger partial charge is 0.373 e.